The zero-order valence-corrected chi connectivity index (χ0v) is 17.0. The van der Waals surface area contributed by atoms with E-state index in [1.807, 2.05) is 24.3 Å². The van der Waals surface area contributed by atoms with Gasteiger partial charge in [0.15, 0.2) is 5.82 Å². The number of hydrogen-bond acceptors (Lipinski definition) is 2. The Balaban J connectivity index is 1.54. The first-order chi connectivity index (χ1) is 15.4. The molecule has 0 atom stereocenters. The van der Waals surface area contributed by atoms with Crippen LogP contribution >= 0.6 is 0 Å². The smallest absolute Gasteiger partial charge is 0.160 e. The lowest BCUT2D eigenvalue weighted by Gasteiger charge is -2.11. The lowest BCUT2D eigenvalue weighted by molar-refractivity contribution is 1.13. The van der Waals surface area contributed by atoms with E-state index in [0.29, 0.717) is 0 Å². The molecule has 2 nitrogen and oxygen atoms in total. The molecular weight excluding hydrogens is 376 g/mol. The third-order valence-corrected chi connectivity index (χ3v) is 5.92. The van der Waals surface area contributed by atoms with Crippen LogP contribution in [0.3, 0.4) is 0 Å². The second kappa shape index (κ2) is 7.33. The summed E-state index contributed by atoms with van der Waals surface area (Å²) in [7, 11) is 0. The van der Waals surface area contributed by atoms with Gasteiger partial charge in [0.05, 0.1) is 11.4 Å². The average Bonchev–Trinajstić information content (AvgIpc) is 3.23. The minimum Gasteiger partial charge on any atom is -0.228 e. The van der Waals surface area contributed by atoms with E-state index >= 15 is 0 Å². The van der Waals surface area contributed by atoms with Crippen molar-refractivity contribution in [2.24, 2.45) is 0 Å². The summed E-state index contributed by atoms with van der Waals surface area (Å²) in [4.78, 5) is 10.1. The highest BCUT2D eigenvalue weighted by atomic mass is 14.9. The number of nitrogens with zero attached hydrogens (tertiary/aromatic N) is 2. The summed E-state index contributed by atoms with van der Waals surface area (Å²) in [6.07, 6.45) is 0.852. The Morgan fingerprint density at radius 2 is 1.06 bits per heavy atom. The molecule has 146 valence electrons. The SMILES string of the molecule is c1ccc(-c2ccc3c(c2)Cc2c(-c4ccccc4)nc(-c4ccccc4)nc2-3)cc1. The highest BCUT2D eigenvalue weighted by Gasteiger charge is 2.26. The molecule has 31 heavy (non-hydrogen) atoms. The highest BCUT2D eigenvalue weighted by Crippen LogP contribution is 2.42. The molecule has 5 aromatic rings. The maximum atomic E-state index is 5.04. The Labute approximate surface area is 181 Å². The minimum atomic E-state index is 0.776. The van der Waals surface area contributed by atoms with Crippen molar-refractivity contribution in [1.29, 1.82) is 0 Å². The number of aromatic nitrogens is 2. The molecule has 1 aliphatic rings. The van der Waals surface area contributed by atoms with E-state index in [4.69, 9.17) is 9.97 Å². The number of rotatable bonds is 3. The Hall–Kier alpha value is -4.04. The van der Waals surface area contributed by atoms with Crippen molar-refractivity contribution in [2.45, 2.75) is 6.42 Å². The number of fused-ring (bicyclic) bond motifs is 3. The van der Waals surface area contributed by atoms with Gasteiger partial charge in [-0.05, 0) is 16.7 Å². The molecule has 1 aromatic heterocycles. The van der Waals surface area contributed by atoms with E-state index in [1.54, 1.807) is 0 Å². The maximum absolute atomic E-state index is 5.04. The summed E-state index contributed by atoms with van der Waals surface area (Å²) in [5.41, 5.74) is 10.5. The van der Waals surface area contributed by atoms with Crippen LogP contribution in [-0.4, -0.2) is 9.97 Å². The van der Waals surface area contributed by atoms with Crippen LogP contribution in [0.5, 0.6) is 0 Å². The summed E-state index contributed by atoms with van der Waals surface area (Å²) < 4.78 is 0. The molecule has 0 aliphatic heterocycles. The van der Waals surface area contributed by atoms with Gasteiger partial charge in [0.2, 0.25) is 0 Å². The highest BCUT2D eigenvalue weighted by molar-refractivity contribution is 5.84. The summed E-state index contributed by atoms with van der Waals surface area (Å²) in [6.45, 7) is 0. The summed E-state index contributed by atoms with van der Waals surface area (Å²) >= 11 is 0. The Kier molecular flexibility index (Phi) is 4.21. The predicted octanol–water partition coefficient (Wildman–Crippen LogP) is 7.05. The van der Waals surface area contributed by atoms with Crippen molar-refractivity contribution in [3.05, 3.63) is 120 Å². The summed E-state index contributed by atoms with van der Waals surface area (Å²) in [5.74, 6) is 0.776. The van der Waals surface area contributed by atoms with Gasteiger partial charge in [0, 0.05) is 28.7 Å². The van der Waals surface area contributed by atoms with Gasteiger partial charge in [-0.2, -0.15) is 0 Å². The molecule has 0 bridgehead atoms. The van der Waals surface area contributed by atoms with E-state index in [0.717, 1.165) is 34.8 Å². The van der Waals surface area contributed by atoms with Crippen molar-refractivity contribution < 1.29 is 0 Å². The van der Waals surface area contributed by atoms with Crippen LogP contribution in [0.4, 0.5) is 0 Å². The first-order valence-corrected chi connectivity index (χ1v) is 10.6. The van der Waals surface area contributed by atoms with E-state index in [9.17, 15) is 0 Å². The van der Waals surface area contributed by atoms with E-state index in [1.165, 1.54) is 27.8 Å². The zero-order valence-electron chi connectivity index (χ0n) is 17.0. The van der Waals surface area contributed by atoms with Gasteiger partial charge < -0.3 is 0 Å². The van der Waals surface area contributed by atoms with Crippen molar-refractivity contribution in [3.63, 3.8) is 0 Å². The van der Waals surface area contributed by atoms with Crippen LogP contribution in [0, 0.1) is 0 Å². The molecule has 1 aliphatic carbocycles. The molecular formula is C29H20N2. The third-order valence-electron chi connectivity index (χ3n) is 5.92. The van der Waals surface area contributed by atoms with Gasteiger partial charge >= 0.3 is 0 Å². The molecule has 0 radical (unpaired) electrons. The molecule has 0 unspecified atom stereocenters. The molecule has 0 saturated carbocycles. The zero-order chi connectivity index (χ0) is 20.6. The lowest BCUT2D eigenvalue weighted by atomic mass is 10.00. The molecule has 2 heteroatoms. The Morgan fingerprint density at radius 3 is 1.74 bits per heavy atom. The molecule has 0 spiro atoms. The van der Waals surface area contributed by atoms with Gasteiger partial charge in [0.25, 0.3) is 0 Å². The van der Waals surface area contributed by atoms with Gasteiger partial charge in [0.1, 0.15) is 0 Å². The standard InChI is InChI=1S/C29H20N2/c1-4-10-20(11-5-1)23-16-17-25-24(18-23)19-26-27(21-12-6-2-7-13-21)30-29(31-28(25)26)22-14-8-3-9-15-22/h1-18H,19H2. The monoisotopic (exact) mass is 396 g/mol. The fourth-order valence-corrected chi connectivity index (χ4v) is 4.40. The molecule has 6 rings (SSSR count). The third kappa shape index (κ3) is 3.13. The Bertz CT molecular complexity index is 1380. The van der Waals surface area contributed by atoms with E-state index < -0.39 is 0 Å². The Morgan fingerprint density at radius 1 is 0.484 bits per heavy atom. The molecule has 4 aromatic carbocycles. The van der Waals surface area contributed by atoms with Gasteiger partial charge in [-0.15, -0.1) is 0 Å². The molecule has 0 N–H and O–H groups in total. The van der Waals surface area contributed by atoms with Crippen LogP contribution in [0.2, 0.25) is 0 Å². The topological polar surface area (TPSA) is 25.8 Å². The number of hydrogen-bond donors (Lipinski definition) is 0. The van der Waals surface area contributed by atoms with Crippen molar-refractivity contribution >= 4 is 0 Å². The molecule has 1 heterocycles. The quantitative estimate of drug-likeness (QED) is 0.320. The van der Waals surface area contributed by atoms with Crippen LogP contribution in [0.15, 0.2) is 109 Å². The molecule has 0 amide bonds. The van der Waals surface area contributed by atoms with Crippen molar-refractivity contribution in [1.82, 2.24) is 9.97 Å². The van der Waals surface area contributed by atoms with Crippen LogP contribution < -0.4 is 0 Å². The van der Waals surface area contributed by atoms with E-state index in [-0.39, 0.29) is 0 Å². The maximum Gasteiger partial charge on any atom is 0.160 e. The summed E-state index contributed by atoms with van der Waals surface area (Å²) in [5, 5.41) is 0. The normalized spacial score (nSPS) is 11.7. The first-order valence-electron chi connectivity index (χ1n) is 10.6. The summed E-state index contributed by atoms with van der Waals surface area (Å²) in [6, 6.07) is 38.0. The van der Waals surface area contributed by atoms with Gasteiger partial charge in [-0.3, -0.25) is 0 Å². The van der Waals surface area contributed by atoms with Gasteiger partial charge in [-0.1, -0.05) is 109 Å². The fourth-order valence-electron chi connectivity index (χ4n) is 4.40. The predicted molar refractivity (Wildman–Crippen MR) is 127 cm³/mol. The molecule has 0 fully saturated rings. The van der Waals surface area contributed by atoms with Gasteiger partial charge in [-0.25, -0.2) is 9.97 Å². The van der Waals surface area contributed by atoms with Crippen LogP contribution in [-0.2, 0) is 6.42 Å². The largest absolute Gasteiger partial charge is 0.228 e. The minimum absolute atomic E-state index is 0.776. The second-order valence-electron chi connectivity index (χ2n) is 7.87. The average molecular weight is 396 g/mol. The van der Waals surface area contributed by atoms with Crippen LogP contribution in [0.1, 0.15) is 11.1 Å². The molecule has 0 saturated heterocycles. The number of benzene rings is 4. The fraction of sp³-hybridized carbons (Fsp3) is 0.0345. The lowest BCUT2D eigenvalue weighted by Crippen LogP contribution is -1.99. The second-order valence-corrected chi connectivity index (χ2v) is 7.87. The first kappa shape index (κ1) is 17.8. The van der Waals surface area contributed by atoms with Crippen LogP contribution in [0.25, 0.3) is 45.0 Å². The van der Waals surface area contributed by atoms with Crippen molar-refractivity contribution in [2.75, 3.05) is 0 Å². The van der Waals surface area contributed by atoms with E-state index in [2.05, 4.69) is 84.9 Å². The van der Waals surface area contributed by atoms with Crippen molar-refractivity contribution in [3.8, 4) is 45.0 Å².